The van der Waals surface area contributed by atoms with Gasteiger partial charge in [-0.25, -0.2) is 9.59 Å². The molecule has 1 aromatic heterocycles. The first-order valence-corrected chi connectivity index (χ1v) is 8.80. The molecule has 1 atom stereocenters. The predicted molar refractivity (Wildman–Crippen MR) is 99.6 cm³/mol. The second kappa shape index (κ2) is 6.59. The summed E-state index contributed by atoms with van der Waals surface area (Å²) in [6.07, 6.45) is -0.333. The summed E-state index contributed by atoms with van der Waals surface area (Å²) in [6.45, 7) is 5.29. The number of esters is 1. The molecule has 28 heavy (non-hydrogen) atoms. The van der Waals surface area contributed by atoms with Gasteiger partial charge in [-0.1, -0.05) is 6.07 Å². The van der Waals surface area contributed by atoms with Crippen LogP contribution in [0.4, 0.5) is 5.82 Å². The molecule has 0 aliphatic carbocycles. The van der Waals surface area contributed by atoms with Crippen LogP contribution in [0.15, 0.2) is 39.1 Å². The van der Waals surface area contributed by atoms with E-state index in [0.29, 0.717) is 22.8 Å². The number of hydrogen-bond acceptors (Lipinski definition) is 7. The number of H-pyrrole nitrogens is 2. The number of carbonyl (C=O) groups excluding carboxylic acids is 1. The minimum Gasteiger partial charge on any atom is -0.460 e. The first kappa shape index (κ1) is 17.9. The summed E-state index contributed by atoms with van der Waals surface area (Å²) in [5.41, 5.74) is 0.414. The molecule has 0 bridgehead atoms. The Morgan fingerprint density at radius 1 is 1.18 bits per heavy atom. The summed E-state index contributed by atoms with van der Waals surface area (Å²) < 4.78 is 16.2. The molecule has 2 aliphatic heterocycles. The Kier molecular flexibility index (Phi) is 4.21. The number of carbonyl (C=O) groups is 1. The first-order chi connectivity index (χ1) is 13.3. The lowest BCUT2D eigenvalue weighted by molar-refractivity contribution is -0.143. The largest absolute Gasteiger partial charge is 0.460 e. The maximum atomic E-state index is 12.9. The summed E-state index contributed by atoms with van der Waals surface area (Å²) >= 11 is 0. The summed E-state index contributed by atoms with van der Waals surface area (Å²) in [6, 6.07) is 5.20. The Morgan fingerprint density at radius 3 is 2.68 bits per heavy atom. The maximum Gasteiger partial charge on any atom is 0.337 e. The average Bonchev–Trinajstić information content (AvgIpc) is 3.07. The van der Waals surface area contributed by atoms with Gasteiger partial charge in [0, 0.05) is 5.70 Å². The van der Waals surface area contributed by atoms with Gasteiger partial charge in [-0.15, -0.1) is 0 Å². The van der Waals surface area contributed by atoms with Crippen molar-refractivity contribution in [3.8, 4) is 11.5 Å². The Balaban J connectivity index is 1.93. The smallest absolute Gasteiger partial charge is 0.337 e. The lowest BCUT2D eigenvalue weighted by Crippen LogP contribution is -2.35. The van der Waals surface area contributed by atoms with Gasteiger partial charge in [-0.3, -0.25) is 14.8 Å². The van der Waals surface area contributed by atoms with Crippen molar-refractivity contribution in [3.05, 3.63) is 61.4 Å². The summed E-state index contributed by atoms with van der Waals surface area (Å²) in [5, 5.41) is 2.95. The fraction of sp³-hybridized carbons (Fsp3) is 0.316. The van der Waals surface area contributed by atoms with Crippen molar-refractivity contribution in [3.63, 3.8) is 0 Å². The summed E-state index contributed by atoms with van der Waals surface area (Å²) in [4.78, 5) is 42.1. The number of allylic oxidation sites excluding steroid dienone is 1. The molecule has 146 valence electrons. The number of ether oxygens (including phenoxy) is 3. The molecule has 0 saturated carbocycles. The Morgan fingerprint density at radius 2 is 1.93 bits per heavy atom. The predicted octanol–water partition coefficient (Wildman–Crippen LogP) is 1.57. The average molecular weight is 385 g/mol. The fourth-order valence-electron chi connectivity index (χ4n) is 3.46. The van der Waals surface area contributed by atoms with E-state index in [1.54, 1.807) is 39.0 Å². The van der Waals surface area contributed by atoms with E-state index >= 15 is 0 Å². The van der Waals surface area contributed by atoms with E-state index in [9.17, 15) is 14.4 Å². The third-order valence-electron chi connectivity index (χ3n) is 4.57. The number of fused-ring (bicyclic) bond motifs is 2. The molecule has 0 fully saturated rings. The van der Waals surface area contributed by atoms with E-state index in [2.05, 4.69) is 15.3 Å². The van der Waals surface area contributed by atoms with Crippen molar-refractivity contribution in [2.75, 3.05) is 12.1 Å². The molecule has 3 N–H and O–H groups in total. The van der Waals surface area contributed by atoms with Crippen molar-refractivity contribution in [1.29, 1.82) is 0 Å². The van der Waals surface area contributed by atoms with Crippen LogP contribution in [0.1, 0.15) is 37.8 Å². The highest BCUT2D eigenvalue weighted by Crippen LogP contribution is 2.42. The molecular formula is C19H19N3O6. The number of benzene rings is 1. The van der Waals surface area contributed by atoms with Crippen LogP contribution < -0.4 is 26.0 Å². The third kappa shape index (κ3) is 2.94. The second-order valence-electron chi connectivity index (χ2n) is 6.86. The molecule has 0 saturated heterocycles. The second-order valence-corrected chi connectivity index (χ2v) is 6.86. The number of nitrogens with one attached hydrogen (secondary N) is 3. The molecule has 2 aliphatic rings. The van der Waals surface area contributed by atoms with Gasteiger partial charge in [-0.2, -0.15) is 0 Å². The van der Waals surface area contributed by atoms with Gasteiger partial charge >= 0.3 is 11.7 Å². The van der Waals surface area contributed by atoms with E-state index < -0.39 is 23.1 Å². The maximum absolute atomic E-state index is 12.9. The quantitative estimate of drug-likeness (QED) is 0.686. The Bertz CT molecular complexity index is 1110. The molecule has 0 unspecified atom stereocenters. The van der Waals surface area contributed by atoms with E-state index in [-0.39, 0.29) is 29.9 Å². The topological polar surface area (TPSA) is 123 Å². The van der Waals surface area contributed by atoms with Crippen LogP contribution in [-0.2, 0) is 9.53 Å². The van der Waals surface area contributed by atoms with E-state index in [0.717, 1.165) is 0 Å². The molecule has 2 aromatic rings. The van der Waals surface area contributed by atoms with Crippen LogP contribution in [0.25, 0.3) is 0 Å². The SMILES string of the molecule is CC1=C(C(=O)OC(C)C)[C@H](c2ccc3c(c2)OCO3)c2c([nH]c(=O)[nH]c2=O)N1. The Labute approximate surface area is 159 Å². The number of anilines is 1. The number of aromatic nitrogens is 2. The molecule has 9 nitrogen and oxygen atoms in total. The van der Waals surface area contributed by atoms with Gasteiger partial charge < -0.3 is 19.5 Å². The van der Waals surface area contributed by atoms with Crippen molar-refractivity contribution in [2.45, 2.75) is 32.8 Å². The molecule has 0 spiro atoms. The van der Waals surface area contributed by atoms with Crippen LogP contribution >= 0.6 is 0 Å². The highest BCUT2D eigenvalue weighted by Gasteiger charge is 2.37. The monoisotopic (exact) mass is 385 g/mol. The Hall–Kier alpha value is -3.49. The van der Waals surface area contributed by atoms with Gasteiger partial charge in [0.25, 0.3) is 5.56 Å². The first-order valence-electron chi connectivity index (χ1n) is 8.80. The van der Waals surface area contributed by atoms with Crippen LogP contribution in [0.2, 0.25) is 0 Å². The van der Waals surface area contributed by atoms with Crippen LogP contribution in [0.5, 0.6) is 11.5 Å². The fourth-order valence-corrected chi connectivity index (χ4v) is 3.46. The molecule has 0 amide bonds. The lowest BCUT2D eigenvalue weighted by Gasteiger charge is -2.29. The highest BCUT2D eigenvalue weighted by atomic mass is 16.7. The van der Waals surface area contributed by atoms with Gasteiger partial charge in [0.1, 0.15) is 5.82 Å². The zero-order valence-corrected chi connectivity index (χ0v) is 15.5. The zero-order chi connectivity index (χ0) is 20.0. The third-order valence-corrected chi connectivity index (χ3v) is 4.57. The van der Waals surface area contributed by atoms with Crippen molar-refractivity contribution >= 4 is 11.8 Å². The molecular weight excluding hydrogens is 366 g/mol. The van der Waals surface area contributed by atoms with E-state index in [1.807, 2.05) is 0 Å². The number of hydrogen-bond donors (Lipinski definition) is 3. The van der Waals surface area contributed by atoms with Crippen LogP contribution in [0, 0.1) is 0 Å². The summed E-state index contributed by atoms with van der Waals surface area (Å²) in [7, 11) is 0. The molecule has 1 aromatic carbocycles. The highest BCUT2D eigenvalue weighted by molar-refractivity contribution is 5.94. The normalized spacial score (nSPS) is 17.4. The summed E-state index contributed by atoms with van der Waals surface area (Å²) in [5.74, 6) is 0.0551. The van der Waals surface area contributed by atoms with Crippen LogP contribution in [-0.4, -0.2) is 28.8 Å². The molecule has 3 heterocycles. The van der Waals surface area contributed by atoms with Crippen molar-refractivity contribution in [2.24, 2.45) is 0 Å². The van der Waals surface area contributed by atoms with Gasteiger partial charge in [0.05, 0.1) is 23.2 Å². The standard InChI is InChI=1S/C19H19N3O6/c1-8(2)28-18(24)13-9(3)20-16-15(17(23)22-19(25)21-16)14(13)10-4-5-11-12(6-10)27-7-26-11/h4-6,8,14H,7H2,1-3H3,(H3,20,21,22,23,25)/t14-/m0/s1. The zero-order valence-electron chi connectivity index (χ0n) is 15.5. The minimum atomic E-state index is -0.752. The molecule has 0 radical (unpaired) electrons. The van der Waals surface area contributed by atoms with Gasteiger partial charge in [0.15, 0.2) is 11.5 Å². The van der Waals surface area contributed by atoms with Crippen LogP contribution in [0.3, 0.4) is 0 Å². The van der Waals surface area contributed by atoms with Crippen molar-refractivity contribution in [1.82, 2.24) is 9.97 Å². The number of rotatable bonds is 3. The van der Waals surface area contributed by atoms with E-state index in [1.165, 1.54) is 0 Å². The van der Waals surface area contributed by atoms with Gasteiger partial charge in [0.2, 0.25) is 6.79 Å². The van der Waals surface area contributed by atoms with E-state index in [4.69, 9.17) is 14.2 Å². The number of aromatic amines is 2. The lowest BCUT2D eigenvalue weighted by atomic mass is 9.82. The molecule has 9 heteroatoms. The minimum absolute atomic E-state index is 0.104. The molecule has 4 rings (SSSR count). The van der Waals surface area contributed by atoms with Gasteiger partial charge in [-0.05, 0) is 38.5 Å². The van der Waals surface area contributed by atoms with Crippen molar-refractivity contribution < 1.29 is 19.0 Å².